The number of sulfonamides is 1. The van der Waals surface area contributed by atoms with Crippen LogP contribution < -0.4 is 4.72 Å². The molecule has 2 rings (SSSR count). The Balaban J connectivity index is 2.37. The van der Waals surface area contributed by atoms with E-state index in [1.807, 2.05) is 0 Å². The van der Waals surface area contributed by atoms with Crippen LogP contribution >= 0.6 is 11.6 Å². The molecule has 0 amide bonds. The highest BCUT2D eigenvalue weighted by Gasteiger charge is 2.29. The van der Waals surface area contributed by atoms with Gasteiger partial charge in [-0.1, -0.05) is 11.6 Å². The van der Waals surface area contributed by atoms with Crippen LogP contribution in [0.15, 0.2) is 23.1 Å². The fourth-order valence-electron chi connectivity index (χ4n) is 1.93. The summed E-state index contributed by atoms with van der Waals surface area (Å²) in [4.78, 5) is -0.139. The number of rotatable bonds is 5. The Morgan fingerprint density at radius 2 is 1.78 bits per heavy atom. The van der Waals surface area contributed by atoms with Gasteiger partial charge in [-0.25, -0.2) is 8.42 Å². The molecule has 8 nitrogen and oxygen atoms in total. The number of anilines is 1. The second-order valence-electron chi connectivity index (χ2n) is 5.05. The van der Waals surface area contributed by atoms with E-state index in [2.05, 4.69) is 4.72 Å². The summed E-state index contributed by atoms with van der Waals surface area (Å²) < 4.78 is 58.7. The van der Waals surface area contributed by atoms with Crippen molar-refractivity contribution in [3.05, 3.63) is 23.2 Å². The summed E-state index contributed by atoms with van der Waals surface area (Å²) in [6, 6.07) is 3.97. The van der Waals surface area contributed by atoms with Gasteiger partial charge in [0.05, 0.1) is 23.9 Å². The normalized spacial score (nSPS) is 17.4. The van der Waals surface area contributed by atoms with Crippen LogP contribution in [0.5, 0.6) is 0 Å². The Morgan fingerprint density at radius 1 is 1.17 bits per heavy atom. The molecule has 23 heavy (non-hydrogen) atoms. The summed E-state index contributed by atoms with van der Waals surface area (Å²) in [6.07, 6.45) is 0. The molecule has 0 unspecified atom stereocenters. The second-order valence-corrected chi connectivity index (χ2v) is 9.25. The standard InChI is InChI=1S/C12H18ClN3O5S2/c1-15(2)23(19,20)14-10-3-4-11(13)12(9-10)22(17,18)16-5-7-21-8-6-16/h3-4,9,14H,5-8H2,1-2H3. The lowest BCUT2D eigenvalue weighted by Gasteiger charge is -2.26. The van der Waals surface area contributed by atoms with E-state index in [0.717, 1.165) is 4.31 Å². The number of nitrogens with zero attached hydrogens (tertiary/aromatic N) is 2. The molecule has 0 atom stereocenters. The molecule has 1 aliphatic rings. The molecule has 0 saturated carbocycles. The van der Waals surface area contributed by atoms with Crippen LogP contribution in [0.4, 0.5) is 5.69 Å². The van der Waals surface area contributed by atoms with E-state index in [0.29, 0.717) is 13.2 Å². The molecule has 1 aromatic carbocycles. The monoisotopic (exact) mass is 383 g/mol. The quantitative estimate of drug-likeness (QED) is 0.802. The molecule has 0 aromatic heterocycles. The number of ether oxygens (including phenoxy) is 1. The maximum Gasteiger partial charge on any atom is 0.301 e. The molecular formula is C12H18ClN3O5S2. The SMILES string of the molecule is CN(C)S(=O)(=O)Nc1ccc(Cl)c(S(=O)(=O)N2CCOCC2)c1. The molecule has 1 aromatic rings. The van der Waals surface area contributed by atoms with Crippen molar-refractivity contribution < 1.29 is 21.6 Å². The summed E-state index contributed by atoms with van der Waals surface area (Å²) >= 11 is 6.01. The average Bonchev–Trinajstić information content (AvgIpc) is 2.49. The number of benzene rings is 1. The van der Waals surface area contributed by atoms with Gasteiger partial charge in [0.15, 0.2) is 0 Å². The predicted octanol–water partition coefficient (Wildman–Crippen LogP) is 0.579. The lowest BCUT2D eigenvalue weighted by atomic mass is 10.3. The molecule has 1 N–H and O–H groups in total. The molecule has 1 fully saturated rings. The van der Waals surface area contributed by atoms with E-state index in [1.54, 1.807) is 0 Å². The summed E-state index contributed by atoms with van der Waals surface area (Å²) in [5, 5.41) is 0.0318. The van der Waals surface area contributed by atoms with Crippen molar-refractivity contribution in [3.63, 3.8) is 0 Å². The van der Waals surface area contributed by atoms with Crippen LogP contribution in [0.1, 0.15) is 0 Å². The summed E-state index contributed by atoms with van der Waals surface area (Å²) in [7, 11) is -4.83. The van der Waals surface area contributed by atoms with Crippen LogP contribution in [0.3, 0.4) is 0 Å². The van der Waals surface area contributed by atoms with Gasteiger partial charge >= 0.3 is 10.2 Å². The summed E-state index contributed by atoms with van der Waals surface area (Å²) in [6.45, 7) is 1.08. The minimum atomic E-state index is -3.82. The van der Waals surface area contributed by atoms with Gasteiger partial charge in [0, 0.05) is 27.2 Å². The van der Waals surface area contributed by atoms with Crippen LogP contribution in [-0.2, 0) is 25.0 Å². The van der Waals surface area contributed by atoms with Crippen LogP contribution in [-0.4, -0.2) is 65.8 Å². The van der Waals surface area contributed by atoms with Gasteiger partial charge in [0.25, 0.3) is 0 Å². The molecule has 130 valence electrons. The third kappa shape index (κ3) is 4.14. The van der Waals surface area contributed by atoms with Gasteiger partial charge in [-0.15, -0.1) is 0 Å². The fraction of sp³-hybridized carbons (Fsp3) is 0.500. The zero-order valence-electron chi connectivity index (χ0n) is 12.7. The van der Waals surface area contributed by atoms with Crippen molar-refractivity contribution in [2.24, 2.45) is 0 Å². The lowest BCUT2D eigenvalue weighted by molar-refractivity contribution is 0.0730. The second kappa shape index (κ2) is 6.91. The predicted molar refractivity (Wildman–Crippen MR) is 87.3 cm³/mol. The van der Waals surface area contributed by atoms with E-state index in [4.69, 9.17) is 16.3 Å². The maximum absolute atomic E-state index is 12.7. The van der Waals surface area contributed by atoms with Crippen LogP contribution in [0.2, 0.25) is 5.02 Å². The third-order valence-corrected chi connectivity index (χ3v) is 7.08. The van der Waals surface area contributed by atoms with Gasteiger partial charge in [0.1, 0.15) is 4.90 Å². The largest absolute Gasteiger partial charge is 0.379 e. The Labute approximate surface area is 141 Å². The molecule has 0 radical (unpaired) electrons. The third-order valence-electron chi connectivity index (χ3n) is 3.25. The lowest BCUT2D eigenvalue weighted by Crippen LogP contribution is -2.40. The number of hydrogen-bond donors (Lipinski definition) is 1. The highest BCUT2D eigenvalue weighted by Crippen LogP contribution is 2.28. The van der Waals surface area contributed by atoms with Gasteiger partial charge in [-0.05, 0) is 18.2 Å². The van der Waals surface area contributed by atoms with Crippen molar-refractivity contribution in [2.75, 3.05) is 45.1 Å². The highest BCUT2D eigenvalue weighted by atomic mass is 35.5. The first kappa shape index (κ1) is 18.4. The van der Waals surface area contributed by atoms with E-state index in [-0.39, 0.29) is 28.7 Å². The molecule has 11 heteroatoms. The van der Waals surface area contributed by atoms with Crippen molar-refractivity contribution in [1.82, 2.24) is 8.61 Å². The van der Waals surface area contributed by atoms with Gasteiger partial charge in [-0.2, -0.15) is 17.0 Å². The topological polar surface area (TPSA) is 96.0 Å². The Hall–Kier alpha value is -0.910. The van der Waals surface area contributed by atoms with E-state index < -0.39 is 20.2 Å². The molecule has 0 spiro atoms. The number of morpholine rings is 1. The van der Waals surface area contributed by atoms with Crippen molar-refractivity contribution in [1.29, 1.82) is 0 Å². The zero-order chi connectivity index (χ0) is 17.3. The maximum atomic E-state index is 12.7. The first-order chi connectivity index (χ1) is 10.6. The summed E-state index contributed by atoms with van der Waals surface area (Å²) in [5.41, 5.74) is 0.120. The minimum Gasteiger partial charge on any atom is -0.379 e. The smallest absolute Gasteiger partial charge is 0.301 e. The zero-order valence-corrected chi connectivity index (χ0v) is 15.1. The molecular weight excluding hydrogens is 366 g/mol. The van der Waals surface area contributed by atoms with Crippen LogP contribution in [0.25, 0.3) is 0 Å². The number of nitrogens with one attached hydrogen (secondary N) is 1. The minimum absolute atomic E-state index is 0.0318. The first-order valence-corrected chi connectivity index (χ1v) is 9.98. The number of halogens is 1. The van der Waals surface area contributed by atoms with E-state index in [1.165, 1.54) is 36.6 Å². The first-order valence-electron chi connectivity index (χ1n) is 6.72. The molecule has 0 aliphatic carbocycles. The Bertz CT molecular complexity index is 774. The van der Waals surface area contributed by atoms with Crippen molar-refractivity contribution >= 4 is 37.5 Å². The van der Waals surface area contributed by atoms with Crippen molar-refractivity contribution in [2.45, 2.75) is 4.90 Å². The molecule has 0 bridgehead atoms. The molecule has 1 heterocycles. The van der Waals surface area contributed by atoms with Crippen molar-refractivity contribution in [3.8, 4) is 0 Å². The van der Waals surface area contributed by atoms with E-state index in [9.17, 15) is 16.8 Å². The van der Waals surface area contributed by atoms with Gasteiger partial charge in [0.2, 0.25) is 10.0 Å². The average molecular weight is 384 g/mol. The molecule has 1 aliphatic heterocycles. The van der Waals surface area contributed by atoms with Gasteiger partial charge < -0.3 is 4.74 Å². The highest BCUT2D eigenvalue weighted by molar-refractivity contribution is 7.90. The number of hydrogen-bond acceptors (Lipinski definition) is 5. The summed E-state index contributed by atoms with van der Waals surface area (Å²) in [5.74, 6) is 0. The molecule has 1 saturated heterocycles. The Kier molecular flexibility index (Phi) is 5.54. The van der Waals surface area contributed by atoms with Gasteiger partial charge in [-0.3, -0.25) is 4.72 Å². The van der Waals surface area contributed by atoms with E-state index >= 15 is 0 Å². The van der Waals surface area contributed by atoms with Crippen LogP contribution in [0, 0.1) is 0 Å². The fourth-order valence-corrected chi connectivity index (χ4v) is 4.45. The Morgan fingerprint density at radius 3 is 2.35 bits per heavy atom.